The van der Waals surface area contributed by atoms with Crippen molar-refractivity contribution in [2.45, 2.75) is 38.9 Å². The number of rotatable bonds is 10. The summed E-state index contributed by atoms with van der Waals surface area (Å²) in [6, 6.07) is 12.8. The molecule has 0 bridgehead atoms. The monoisotopic (exact) mass is 567 g/mol. The van der Waals surface area contributed by atoms with Crippen LogP contribution in [0.3, 0.4) is 0 Å². The van der Waals surface area contributed by atoms with Gasteiger partial charge in [0.15, 0.2) is 23.0 Å². The van der Waals surface area contributed by atoms with Gasteiger partial charge in [0, 0.05) is 12.1 Å². The Bertz CT molecular complexity index is 1370. The molecule has 0 fully saturated rings. The zero-order valence-electron chi connectivity index (χ0n) is 23.1. The Morgan fingerprint density at radius 2 is 1.75 bits per heavy atom. The summed E-state index contributed by atoms with van der Waals surface area (Å²) in [6.07, 6.45) is 0. The lowest BCUT2D eigenvalue weighted by Gasteiger charge is -2.34. The van der Waals surface area contributed by atoms with Crippen LogP contribution in [-0.2, 0) is 16.1 Å². The molecule has 1 aromatic heterocycles. The Kier molecular flexibility index (Phi) is 8.83. The van der Waals surface area contributed by atoms with Crippen molar-refractivity contribution in [3.8, 4) is 23.0 Å². The van der Waals surface area contributed by atoms with Gasteiger partial charge >= 0.3 is 0 Å². The van der Waals surface area contributed by atoms with Crippen molar-refractivity contribution in [1.29, 1.82) is 0 Å². The molecule has 0 spiro atoms. The molecule has 40 heavy (non-hydrogen) atoms. The molecule has 1 unspecified atom stereocenters. The average Bonchev–Trinajstić information content (AvgIpc) is 3.62. The number of hydrogen-bond acceptors (Lipinski definition) is 8. The van der Waals surface area contributed by atoms with Crippen molar-refractivity contribution in [2.75, 3.05) is 27.6 Å². The Morgan fingerprint density at radius 1 is 1.00 bits per heavy atom. The van der Waals surface area contributed by atoms with Gasteiger partial charge in [-0.05, 0) is 67.6 Å². The van der Waals surface area contributed by atoms with Gasteiger partial charge in [0.2, 0.25) is 18.6 Å². The van der Waals surface area contributed by atoms with Crippen LogP contribution >= 0.6 is 11.3 Å². The molecule has 1 aliphatic heterocycles. The number of carbonyl (C=O) groups is 3. The van der Waals surface area contributed by atoms with Crippen LogP contribution in [0.15, 0.2) is 53.9 Å². The fraction of sp³-hybridized carbons (Fsp3) is 0.345. The highest BCUT2D eigenvalue weighted by molar-refractivity contribution is 7.12. The van der Waals surface area contributed by atoms with E-state index in [1.54, 1.807) is 47.8 Å². The van der Waals surface area contributed by atoms with Gasteiger partial charge in [0.1, 0.15) is 6.04 Å². The van der Waals surface area contributed by atoms with E-state index in [2.05, 4.69) is 10.6 Å². The largest absolute Gasteiger partial charge is 0.493 e. The predicted octanol–water partition coefficient (Wildman–Crippen LogP) is 3.91. The number of ether oxygens (including phenoxy) is 4. The smallest absolute Gasteiger partial charge is 0.261 e. The molecule has 0 radical (unpaired) electrons. The van der Waals surface area contributed by atoms with E-state index in [9.17, 15) is 14.4 Å². The van der Waals surface area contributed by atoms with Gasteiger partial charge in [0.25, 0.3) is 5.91 Å². The number of thiophene rings is 1. The molecule has 1 aliphatic rings. The SMILES string of the molecule is COc1ccc(C(C(=O)NC(C)(C)C)N(Cc2ccc3c(c2)OCO3)C(=O)CNC(=O)c2cccs2)cc1OC. The van der Waals surface area contributed by atoms with Crippen LogP contribution < -0.4 is 29.6 Å². The lowest BCUT2D eigenvalue weighted by atomic mass is 10.00. The topological polar surface area (TPSA) is 115 Å². The summed E-state index contributed by atoms with van der Waals surface area (Å²) in [5, 5.41) is 7.47. The molecule has 1 atom stereocenters. The molecule has 2 aromatic carbocycles. The molecule has 2 N–H and O–H groups in total. The molecule has 212 valence electrons. The Morgan fingerprint density at radius 3 is 2.42 bits per heavy atom. The quantitative estimate of drug-likeness (QED) is 0.382. The van der Waals surface area contributed by atoms with Crippen LogP contribution in [0, 0.1) is 0 Å². The highest BCUT2D eigenvalue weighted by Gasteiger charge is 2.34. The summed E-state index contributed by atoms with van der Waals surface area (Å²) in [5.74, 6) is 0.843. The molecular formula is C29H33N3O7S. The molecule has 10 nitrogen and oxygen atoms in total. The Labute approximate surface area is 237 Å². The first-order valence-electron chi connectivity index (χ1n) is 12.6. The molecule has 2 heterocycles. The van der Waals surface area contributed by atoms with Crippen LogP contribution in [0.2, 0.25) is 0 Å². The highest BCUT2D eigenvalue weighted by Crippen LogP contribution is 2.36. The molecule has 4 rings (SSSR count). The van der Waals surface area contributed by atoms with Crippen molar-refractivity contribution in [3.05, 3.63) is 69.9 Å². The van der Waals surface area contributed by atoms with Crippen molar-refractivity contribution < 1.29 is 33.3 Å². The fourth-order valence-electron chi connectivity index (χ4n) is 4.25. The van der Waals surface area contributed by atoms with Crippen LogP contribution in [0.4, 0.5) is 0 Å². The molecule has 0 aliphatic carbocycles. The van der Waals surface area contributed by atoms with E-state index in [1.807, 2.05) is 26.8 Å². The average molecular weight is 568 g/mol. The van der Waals surface area contributed by atoms with E-state index in [0.717, 1.165) is 5.56 Å². The maximum atomic E-state index is 13.9. The second-order valence-corrected chi connectivity index (χ2v) is 11.1. The van der Waals surface area contributed by atoms with Crippen molar-refractivity contribution in [2.24, 2.45) is 0 Å². The Balaban J connectivity index is 1.73. The van der Waals surface area contributed by atoms with Crippen LogP contribution in [0.25, 0.3) is 0 Å². The number of benzene rings is 2. The van der Waals surface area contributed by atoms with Crippen molar-refractivity contribution in [3.63, 3.8) is 0 Å². The third-order valence-corrected chi connectivity index (χ3v) is 6.91. The summed E-state index contributed by atoms with van der Waals surface area (Å²) in [6.45, 7) is 5.44. The zero-order valence-corrected chi connectivity index (χ0v) is 23.9. The lowest BCUT2D eigenvalue weighted by Crippen LogP contribution is -2.50. The van der Waals surface area contributed by atoms with E-state index in [0.29, 0.717) is 33.4 Å². The van der Waals surface area contributed by atoms with Gasteiger partial charge in [-0.2, -0.15) is 0 Å². The number of methoxy groups -OCH3 is 2. The molecule has 3 amide bonds. The number of hydrogen-bond donors (Lipinski definition) is 2. The van der Waals surface area contributed by atoms with E-state index < -0.39 is 23.4 Å². The first kappa shape index (κ1) is 28.8. The maximum Gasteiger partial charge on any atom is 0.261 e. The van der Waals surface area contributed by atoms with E-state index in [1.165, 1.54) is 30.5 Å². The number of nitrogens with zero attached hydrogens (tertiary/aromatic N) is 1. The van der Waals surface area contributed by atoms with Crippen LogP contribution in [-0.4, -0.2) is 55.7 Å². The summed E-state index contributed by atoms with van der Waals surface area (Å²) in [5.41, 5.74) is 0.654. The van der Waals surface area contributed by atoms with Crippen LogP contribution in [0.5, 0.6) is 23.0 Å². The second-order valence-electron chi connectivity index (χ2n) is 10.1. The van der Waals surface area contributed by atoms with Gasteiger partial charge in [-0.1, -0.05) is 18.2 Å². The zero-order chi connectivity index (χ0) is 28.9. The minimum Gasteiger partial charge on any atom is -0.493 e. The summed E-state index contributed by atoms with van der Waals surface area (Å²) in [4.78, 5) is 42.2. The number of fused-ring (bicyclic) bond motifs is 1. The van der Waals surface area contributed by atoms with E-state index >= 15 is 0 Å². The summed E-state index contributed by atoms with van der Waals surface area (Å²) >= 11 is 1.27. The summed E-state index contributed by atoms with van der Waals surface area (Å²) in [7, 11) is 3.02. The van der Waals surface area contributed by atoms with Gasteiger partial charge in [0.05, 0.1) is 25.6 Å². The molecular weight excluding hydrogens is 534 g/mol. The maximum absolute atomic E-state index is 13.9. The first-order valence-corrected chi connectivity index (χ1v) is 13.5. The number of nitrogens with one attached hydrogen (secondary N) is 2. The standard InChI is InChI=1S/C29H33N3O7S/c1-29(2,3)31-28(35)26(19-9-11-20(36-4)22(14-19)37-5)32(16-18-8-10-21-23(13-18)39-17-38-21)25(33)15-30-27(34)24-7-6-12-40-24/h6-14,26H,15-17H2,1-5H3,(H,30,34)(H,31,35). The van der Waals surface area contributed by atoms with Gasteiger partial charge in [-0.25, -0.2) is 0 Å². The third-order valence-electron chi connectivity index (χ3n) is 6.04. The van der Waals surface area contributed by atoms with Crippen LogP contribution in [0.1, 0.15) is 47.6 Å². The first-order chi connectivity index (χ1) is 19.1. The number of amides is 3. The third kappa shape index (κ3) is 6.84. The highest BCUT2D eigenvalue weighted by atomic mass is 32.1. The fourth-order valence-corrected chi connectivity index (χ4v) is 4.89. The molecule has 3 aromatic rings. The van der Waals surface area contributed by atoms with Gasteiger partial charge in [-0.15, -0.1) is 11.3 Å². The Hall–Kier alpha value is -4.25. The molecule has 0 saturated heterocycles. The van der Waals surface area contributed by atoms with Crippen molar-refractivity contribution in [1.82, 2.24) is 15.5 Å². The predicted molar refractivity (Wildman–Crippen MR) is 150 cm³/mol. The van der Waals surface area contributed by atoms with Crippen molar-refractivity contribution >= 4 is 29.1 Å². The van der Waals surface area contributed by atoms with E-state index in [4.69, 9.17) is 18.9 Å². The minimum absolute atomic E-state index is 0.0565. The molecule has 0 saturated carbocycles. The van der Waals surface area contributed by atoms with E-state index in [-0.39, 0.29) is 25.8 Å². The second kappa shape index (κ2) is 12.3. The lowest BCUT2D eigenvalue weighted by molar-refractivity contribution is -0.141. The summed E-state index contributed by atoms with van der Waals surface area (Å²) < 4.78 is 21.8. The van der Waals surface area contributed by atoms with Gasteiger partial charge in [-0.3, -0.25) is 14.4 Å². The minimum atomic E-state index is -1.06. The van der Waals surface area contributed by atoms with Gasteiger partial charge < -0.3 is 34.5 Å². The number of carbonyl (C=O) groups excluding carboxylic acids is 3. The molecule has 11 heteroatoms. The normalized spacial score (nSPS) is 12.8.